The van der Waals surface area contributed by atoms with E-state index in [1.165, 1.54) is 38.5 Å². The van der Waals surface area contributed by atoms with E-state index >= 15 is 0 Å². The Labute approximate surface area is 160 Å². The fourth-order valence-electron chi connectivity index (χ4n) is 2.23. The van der Waals surface area contributed by atoms with Crippen molar-refractivity contribution in [3.05, 3.63) is 0 Å². The molecule has 0 aliphatic heterocycles. The molecule has 0 bridgehead atoms. The van der Waals surface area contributed by atoms with Gasteiger partial charge in [-0.2, -0.15) is 0 Å². The molecule has 0 aliphatic rings. The third kappa shape index (κ3) is 14.0. The molecule has 138 valence electrons. The van der Waals surface area contributed by atoms with Gasteiger partial charge in [0.15, 0.2) is 0 Å². The van der Waals surface area contributed by atoms with E-state index in [0.29, 0.717) is 25.0 Å². The second-order valence-electron chi connectivity index (χ2n) is 5.87. The summed E-state index contributed by atoms with van der Waals surface area (Å²) in [5, 5.41) is 0. The first-order valence-corrected chi connectivity index (χ1v) is 12.2. The van der Waals surface area contributed by atoms with Crippen molar-refractivity contribution >= 4 is 30.6 Å². The molecule has 0 aromatic rings. The van der Waals surface area contributed by atoms with Gasteiger partial charge in [-0.3, -0.25) is 9.05 Å². The van der Waals surface area contributed by atoms with E-state index in [0.717, 1.165) is 12.8 Å². The summed E-state index contributed by atoms with van der Waals surface area (Å²) in [6.07, 6.45) is 7.12. The molecule has 0 aromatic heterocycles. The first-order valence-electron chi connectivity index (χ1n) is 8.59. The second-order valence-corrected chi connectivity index (χ2v) is 10.9. The third-order valence-electron chi connectivity index (χ3n) is 4.02. The molecule has 0 radical (unpaired) electrons. The van der Waals surface area contributed by atoms with E-state index in [1.54, 1.807) is 0 Å². The van der Waals surface area contributed by atoms with Crippen molar-refractivity contribution in [1.82, 2.24) is 0 Å². The van der Waals surface area contributed by atoms with Crippen molar-refractivity contribution in [2.45, 2.75) is 79.1 Å². The molecule has 0 heterocycles. The molecule has 0 saturated carbocycles. The molecule has 0 fully saturated rings. The monoisotopic (exact) mass is 416 g/mol. The van der Waals surface area contributed by atoms with Crippen molar-refractivity contribution in [2.75, 3.05) is 13.2 Å². The molecule has 2 nitrogen and oxygen atoms in total. The summed E-state index contributed by atoms with van der Waals surface area (Å²) in [6, 6.07) is 0. The molecule has 2 unspecified atom stereocenters. The Morgan fingerprint density at radius 1 is 0.773 bits per heavy atom. The molecule has 22 heavy (non-hydrogen) atoms. The Morgan fingerprint density at radius 3 is 1.41 bits per heavy atom. The third-order valence-corrected chi connectivity index (χ3v) is 6.22. The van der Waals surface area contributed by atoms with Gasteiger partial charge in [0.2, 0.25) is 0 Å². The fraction of sp³-hybridized carbons (Fsp3) is 1.00. The Bertz CT molecular complexity index is 224. The summed E-state index contributed by atoms with van der Waals surface area (Å²) in [7, 11) is 0. The summed E-state index contributed by atoms with van der Waals surface area (Å²) in [5.74, 6) is 1.14. The minimum absolute atomic E-state index is 0. The predicted molar refractivity (Wildman–Crippen MR) is 100 cm³/mol. The van der Waals surface area contributed by atoms with Gasteiger partial charge in [0.05, 0.1) is 13.2 Å². The Hall–Kier alpha value is 1.57. The van der Waals surface area contributed by atoms with Crippen molar-refractivity contribution in [1.29, 1.82) is 0 Å². The quantitative estimate of drug-likeness (QED) is 0.190. The maximum Gasteiger partial charge on any atom is 1.00 e. The molecule has 0 aliphatic carbocycles. The maximum absolute atomic E-state index is 5.80. The van der Waals surface area contributed by atoms with Crippen molar-refractivity contribution < 1.29 is 26.1 Å². The summed E-state index contributed by atoms with van der Waals surface area (Å²) >= 11 is 10.8. The zero-order valence-corrected chi connectivity index (χ0v) is 18.1. The summed E-state index contributed by atoms with van der Waals surface area (Å²) < 4.78 is 11.6. The zero-order chi connectivity index (χ0) is 16.1. The van der Waals surface area contributed by atoms with Crippen LogP contribution in [0.5, 0.6) is 0 Å². The van der Waals surface area contributed by atoms with E-state index in [-0.39, 0.29) is 17.1 Å². The predicted octanol–water partition coefficient (Wildman–Crippen LogP) is 6.22. The molecule has 0 rings (SSSR count). The van der Waals surface area contributed by atoms with Crippen LogP contribution in [-0.2, 0) is 50.6 Å². The fourth-order valence-corrected chi connectivity index (χ4v) is 3.82. The topological polar surface area (TPSA) is 18.5 Å². The number of rotatable bonds is 14. The van der Waals surface area contributed by atoms with Gasteiger partial charge in [-0.1, -0.05) is 66.2 Å². The largest absolute Gasteiger partial charge is 1.00 e. The van der Waals surface area contributed by atoms with Crippen LogP contribution in [-0.4, -0.2) is 13.2 Å². The zero-order valence-electron chi connectivity index (χ0n) is 14.6. The summed E-state index contributed by atoms with van der Waals surface area (Å²) in [6.45, 7) is 10.2. The number of hydrogen-bond donors (Lipinski definition) is 0. The first-order chi connectivity index (χ1) is 9.99. The van der Waals surface area contributed by atoms with Crippen LogP contribution in [0.4, 0.5) is 0 Å². The standard InChI is InChI=1S/C16H35O2PS2.Cu/c1-5-9-11-15(7-3)13-17-19(20,21)18-14-16(8-4)12-10-6-2;/h15-16H,5-14H2,1-4H3,(H,20,21);/q;+1/p-1. The van der Waals surface area contributed by atoms with Crippen LogP contribution >= 0.6 is 6.12 Å². The smallest absolute Gasteiger partial charge is 0.516 e. The Morgan fingerprint density at radius 2 is 1.14 bits per heavy atom. The van der Waals surface area contributed by atoms with Gasteiger partial charge in [-0.25, -0.2) is 0 Å². The maximum atomic E-state index is 5.80. The minimum Gasteiger partial charge on any atom is -0.516 e. The summed E-state index contributed by atoms with van der Waals surface area (Å²) in [4.78, 5) is 0. The van der Waals surface area contributed by atoms with E-state index in [1.807, 2.05) is 0 Å². The van der Waals surface area contributed by atoms with Crippen LogP contribution < -0.4 is 0 Å². The van der Waals surface area contributed by atoms with E-state index < -0.39 is 6.12 Å². The molecule has 0 aromatic carbocycles. The van der Waals surface area contributed by atoms with Gasteiger partial charge in [0, 0.05) is 6.12 Å². The van der Waals surface area contributed by atoms with Crippen molar-refractivity contribution in [3.63, 3.8) is 0 Å². The molecule has 6 heteroatoms. The van der Waals surface area contributed by atoms with Crippen LogP contribution in [0.1, 0.15) is 79.1 Å². The molecule has 2 atom stereocenters. The average molecular weight is 417 g/mol. The Balaban J connectivity index is 0. The summed E-state index contributed by atoms with van der Waals surface area (Å²) in [5.41, 5.74) is 0. The molecule has 0 spiro atoms. The SMILES string of the molecule is CCCCC(CC)CO[P+]([S-])([S-])OCC(CC)CCCC.[Cu+]. The van der Waals surface area contributed by atoms with E-state index in [9.17, 15) is 0 Å². The second kappa shape index (κ2) is 16.1. The molecule has 0 amide bonds. The van der Waals surface area contributed by atoms with Gasteiger partial charge in [-0.15, -0.1) is 0 Å². The van der Waals surface area contributed by atoms with Gasteiger partial charge < -0.3 is 24.5 Å². The van der Waals surface area contributed by atoms with Gasteiger partial charge >= 0.3 is 17.1 Å². The Kier molecular flexibility index (Phi) is 18.8. The minimum atomic E-state index is -2.47. The number of unbranched alkanes of at least 4 members (excludes halogenated alkanes) is 2. The van der Waals surface area contributed by atoms with Crippen LogP contribution in [0.3, 0.4) is 0 Å². The van der Waals surface area contributed by atoms with Crippen LogP contribution in [0.15, 0.2) is 0 Å². The number of hydrogen-bond acceptors (Lipinski definition) is 4. The van der Waals surface area contributed by atoms with Crippen LogP contribution in [0.25, 0.3) is 0 Å². The molecular weight excluding hydrogens is 383 g/mol. The first kappa shape index (κ1) is 25.8. The van der Waals surface area contributed by atoms with Crippen LogP contribution in [0.2, 0.25) is 0 Å². The molecule has 0 saturated heterocycles. The van der Waals surface area contributed by atoms with Crippen molar-refractivity contribution in [2.24, 2.45) is 11.8 Å². The van der Waals surface area contributed by atoms with Crippen LogP contribution in [0, 0.1) is 11.8 Å². The van der Waals surface area contributed by atoms with Gasteiger partial charge in [-0.05, 0) is 24.7 Å². The van der Waals surface area contributed by atoms with E-state index in [2.05, 4.69) is 27.7 Å². The van der Waals surface area contributed by atoms with E-state index in [4.69, 9.17) is 33.5 Å². The molecular formula is C16H34CuO2PS2. The molecule has 0 N–H and O–H groups in total. The van der Waals surface area contributed by atoms with Crippen molar-refractivity contribution in [3.8, 4) is 0 Å². The van der Waals surface area contributed by atoms with Gasteiger partial charge in [0.25, 0.3) is 0 Å². The average Bonchev–Trinajstić information content (AvgIpc) is 2.47. The van der Waals surface area contributed by atoms with Gasteiger partial charge in [0.1, 0.15) is 0 Å². The normalized spacial score (nSPS) is 14.5.